The number of fused-ring (bicyclic) bond motifs is 1. The van der Waals surface area contributed by atoms with Crippen LogP contribution < -0.4 is 0 Å². The molecule has 0 amide bonds. The van der Waals surface area contributed by atoms with Crippen LogP contribution in [-0.4, -0.2) is 4.98 Å². The molecule has 0 atom stereocenters. The normalized spacial score (nSPS) is 10.3. The highest BCUT2D eigenvalue weighted by atomic mass is 14.7. The van der Waals surface area contributed by atoms with E-state index in [0.717, 1.165) is 16.8 Å². The molecule has 0 spiro atoms. The second kappa shape index (κ2) is 2.35. The lowest BCUT2D eigenvalue weighted by Crippen LogP contribution is -1.67. The summed E-state index contributed by atoms with van der Waals surface area (Å²) in [6.45, 7) is 3.86. The molecule has 0 saturated heterocycles. The Morgan fingerprint density at radius 3 is 3.00 bits per heavy atom. The Morgan fingerprint density at radius 2 is 2.09 bits per heavy atom. The van der Waals surface area contributed by atoms with Gasteiger partial charge in [0.05, 0.1) is 5.69 Å². The monoisotopic (exact) mass is 142 g/mol. The zero-order chi connectivity index (χ0) is 7.68. The highest BCUT2D eigenvalue weighted by Gasteiger charge is 1.98. The molecular weight excluding hydrogens is 134 g/mol. The zero-order valence-corrected chi connectivity index (χ0v) is 6.12. The molecule has 0 aromatic rings. The molecule has 0 unspecified atom stereocenters. The van der Waals surface area contributed by atoms with E-state index in [0.29, 0.717) is 0 Å². The summed E-state index contributed by atoms with van der Waals surface area (Å²) < 4.78 is 0. The van der Waals surface area contributed by atoms with Gasteiger partial charge >= 0.3 is 0 Å². The van der Waals surface area contributed by atoms with Crippen molar-refractivity contribution in [2.75, 3.05) is 0 Å². The fraction of sp³-hybridized carbons (Fsp3) is 0. The smallest absolute Gasteiger partial charge is 0.0702 e. The highest BCUT2D eigenvalue weighted by Crippen LogP contribution is 2.18. The molecule has 1 radical (unpaired) electrons. The van der Waals surface area contributed by atoms with Crippen molar-refractivity contribution in [1.29, 1.82) is 0 Å². The van der Waals surface area contributed by atoms with E-state index in [9.17, 15) is 0 Å². The van der Waals surface area contributed by atoms with Crippen LogP contribution in [0, 0.1) is 6.92 Å². The summed E-state index contributed by atoms with van der Waals surface area (Å²) in [6.07, 6.45) is 1.81. The molecule has 2 aliphatic rings. The van der Waals surface area contributed by atoms with Crippen molar-refractivity contribution in [3.63, 3.8) is 0 Å². The lowest BCUT2D eigenvalue weighted by Gasteiger charge is -1.86. The van der Waals surface area contributed by atoms with E-state index in [4.69, 9.17) is 0 Å². The van der Waals surface area contributed by atoms with Gasteiger partial charge < -0.3 is 0 Å². The van der Waals surface area contributed by atoms with Crippen LogP contribution in [0.5, 0.6) is 0 Å². The van der Waals surface area contributed by atoms with Crippen LogP contribution in [0.4, 0.5) is 0 Å². The molecule has 53 valence electrons. The molecule has 0 bridgehead atoms. The van der Waals surface area contributed by atoms with Gasteiger partial charge in [0.2, 0.25) is 0 Å². The van der Waals surface area contributed by atoms with Crippen LogP contribution in [0.1, 0.15) is 5.56 Å². The molecule has 1 aliphatic carbocycles. The van der Waals surface area contributed by atoms with Crippen LogP contribution in [-0.2, 0) is 0 Å². The zero-order valence-electron chi connectivity index (χ0n) is 6.12. The number of aromatic nitrogens is 1. The van der Waals surface area contributed by atoms with Crippen molar-refractivity contribution in [1.82, 2.24) is 4.98 Å². The fourth-order valence-corrected chi connectivity index (χ4v) is 1.13. The van der Waals surface area contributed by atoms with E-state index >= 15 is 0 Å². The quantitative estimate of drug-likeness (QED) is 0.550. The van der Waals surface area contributed by atoms with Gasteiger partial charge in [-0.3, -0.25) is 4.98 Å². The van der Waals surface area contributed by atoms with Gasteiger partial charge in [-0.1, -0.05) is 12.1 Å². The van der Waals surface area contributed by atoms with E-state index in [1.54, 1.807) is 0 Å². The van der Waals surface area contributed by atoms with E-state index in [2.05, 4.69) is 11.9 Å². The predicted octanol–water partition coefficient (Wildman–Crippen LogP) is 2.37. The van der Waals surface area contributed by atoms with E-state index in [1.165, 1.54) is 0 Å². The van der Waals surface area contributed by atoms with Crippen molar-refractivity contribution in [2.24, 2.45) is 0 Å². The minimum Gasteiger partial charge on any atom is -0.256 e. The van der Waals surface area contributed by atoms with Gasteiger partial charge in [0, 0.05) is 11.8 Å². The van der Waals surface area contributed by atoms with Crippen LogP contribution in [0.2, 0.25) is 0 Å². The Bertz CT molecular complexity index is 341. The Labute approximate surface area is 66.1 Å². The summed E-state index contributed by atoms with van der Waals surface area (Å²) in [5.41, 5.74) is 3.20. The van der Waals surface area contributed by atoms with Gasteiger partial charge in [0.25, 0.3) is 0 Å². The third-order valence-electron chi connectivity index (χ3n) is 1.67. The first-order valence-electron chi connectivity index (χ1n) is 3.53. The van der Waals surface area contributed by atoms with Gasteiger partial charge in [-0.25, -0.2) is 0 Å². The van der Waals surface area contributed by atoms with Crippen molar-refractivity contribution in [3.05, 3.63) is 49.0 Å². The van der Waals surface area contributed by atoms with Gasteiger partial charge in [0.15, 0.2) is 0 Å². The van der Waals surface area contributed by atoms with Crippen LogP contribution >= 0.6 is 0 Å². The fourth-order valence-electron chi connectivity index (χ4n) is 1.13. The number of rotatable bonds is 0. The maximum atomic E-state index is 4.17. The molecule has 1 heteroatoms. The Balaban J connectivity index is 2.73. The number of hydrogen-bond donors (Lipinski definition) is 0. The Hall–Kier alpha value is -1.37. The van der Waals surface area contributed by atoms with Crippen molar-refractivity contribution in [3.8, 4) is 11.3 Å². The molecule has 0 saturated carbocycles. The van der Waals surface area contributed by atoms with Gasteiger partial charge in [-0.05, 0) is 30.7 Å². The standard InChI is InChI=1S/C10H8N/c1-8-3-2-4-10-9(7-8)5-6-11-10/h2-7H,1H2. The highest BCUT2D eigenvalue weighted by molar-refractivity contribution is 5.61. The molecule has 1 nitrogen and oxygen atoms in total. The Morgan fingerprint density at radius 1 is 1.18 bits per heavy atom. The van der Waals surface area contributed by atoms with Crippen LogP contribution in [0.15, 0.2) is 36.5 Å². The lowest BCUT2D eigenvalue weighted by atomic mass is 10.2. The molecule has 0 aromatic carbocycles. The first-order valence-corrected chi connectivity index (χ1v) is 3.53. The van der Waals surface area contributed by atoms with Crippen molar-refractivity contribution in [2.45, 2.75) is 0 Å². The number of nitrogens with zero attached hydrogens (tertiary/aromatic N) is 1. The van der Waals surface area contributed by atoms with Crippen LogP contribution in [0.25, 0.3) is 11.3 Å². The summed E-state index contributed by atoms with van der Waals surface area (Å²) in [4.78, 5) is 4.17. The molecule has 0 fully saturated rings. The second-order valence-corrected chi connectivity index (χ2v) is 2.53. The van der Waals surface area contributed by atoms with Gasteiger partial charge in [-0.15, -0.1) is 0 Å². The molecule has 1 heterocycles. The largest absolute Gasteiger partial charge is 0.256 e. The first kappa shape index (κ1) is 6.35. The molecule has 1 aliphatic heterocycles. The maximum Gasteiger partial charge on any atom is 0.0702 e. The van der Waals surface area contributed by atoms with Gasteiger partial charge in [-0.2, -0.15) is 0 Å². The average Bonchev–Trinajstić information content (AvgIpc) is 2.31. The van der Waals surface area contributed by atoms with Crippen molar-refractivity contribution < 1.29 is 0 Å². The minimum absolute atomic E-state index is 1.02. The lowest BCUT2D eigenvalue weighted by molar-refractivity contribution is 1.42. The Kier molecular flexibility index (Phi) is 1.35. The average molecular weight is 142 g/mol. The summed E-state index contributed by atoms with van der Waals surface area (Å²) >= 11 is 0. The third kappa shape index (κ3) is 1.09. The van der Waals surface area contributed by atoms with E-state index in [-0.39, 0.29) is 0 Å². The second-order valence-electron chi connectivity index (χ2n) is 2.53. The summed E-state index contributed by atoms with van der Waals surface area (Å²) in [7, 11) is 0. The molecule has 0 aromatic heterocycles. The number of hydrogen-bond acceptors (Lipinski definition) is 1. The molecular formula is C10H8N. The van der Waals surface area contributed by atoms with E-state index in [1.807, 2.05) is 36.5 Å². The summed E-state index contributed by atoms with van der Waals surface area (Å²) in [6, 6.07) is 9.95. The molecule has 11 heavy (non-hydrogen) atoms. The first-order chi connectivity index (χ1) is 5.36. The SMILES string of the molecule is [CH2]c1cccc2nccc-2c1. The minimum atomic E-state index is 1.02. The van der Waals surface area contributed by atoms with Crippen molar-refractivity contribution >= 4 is 0 Å². The maximum absolute atomic E-state index is 4.17. The summed E-state index contributed by atoms with van der Waals surface area (Å²) in [5.74, 6) is 0. The van der Waals surface area contributed by atoms with Crippen LogP contribution in [0.3, 0.4) is 0 Å². The molecule has 2 rings (SSSR count). The summed E-state index contributed by atoms with van der Waals surface area (Å²) in [5, 5.41) is 0. The topological polar surface area (TPSA) is 12.9 Å². The predicted molar refractivity (Wildman–Crippen MR) is 45.3 cm³/mol. The van der Waals surface area contributed by atoms with E-state index < -0.39 is 0 Å². The van der Waals surface area contributed by atoms with Gasteiger partial charge in [0.1, 0.15) is 0 Å². The molecule has 0 N–H and O–H groups in total. The third-order valence-corrected chi connectivity index (χ3v) is 1.67.